The molecule has 0 N–H and O–H groups in total. The normalized spacial score (nSPS) is 8.69. The molecule has 0 radical (unpaired) electrons. The molecule has 0 aliphatic heterocycles. The molecule has 0 aromatic heterocycles. The first-order valence-electron chi connectivity index (χ1n) is 4.44. The van der Waals surface area contributed by atoms with Gasteiger partial charge in [0.05, 0.1) is 7.11 Å². The summed E-state index contributed by atoms with van der Waals surface area (Å²) < 4.78 is 4.51. The van der Waals surface area contributed by atoms with Crippen LogP contribution in [-0.2, 0) is 25.9 Å². The Balaban J connectivity index is 0. The average Bonchev–Trinajstić information content (AvgIpc) is 2.20. The Hall–Kier alpha value is 0.573. The molecule has 0 aliphatic rings. The maximum atomic E-state index is 10.6. The zero-order valence-corrected chi connectivity index (χ0v) is 12.9. The molecule has 0 unspecified atom stereocenters. The standard InChI is InChI=1S/C9H17O2.BrH.Zn/c1-3-4-5-6-7-8-9(10)11-2;;/h1,3-8H2,2H3;1H;/q-1;;+2/p-1. The third kappa shape index (κ3) is 15.3. The molecule has 13 heavy (non-hydrogen) atoms. The predicted octanol–water partition coefficient (Wildman–Crippen LogP) is 3.18. The van der Waals surface area contributed by atoms with Crippen LogP contribution in [0.15, 0.2) is 0 Å². The van der Waals surface area contributed by atoms with Crippen molar-refractivity contribution in [2.24, 2.45) is 0 Å². The van der Waals surface area contributed by atoms with Gasteiger partial charge < -0.3 is 11.7 Å². The number of carbonyl (C=O) groups is 1. The summed E-state index contributed by atoms with van der Waals surface area (Å²) in [6.45, 7) is 3.74. The first-order valence-corrected chi connectivity index (χ1v) is 11.4. The van der Waals surface area contributed by atoms with E-state index in [-0.39, 0.29) is 5.97 Å². The van der Waals surface area contributed by atoms with Crippen LogP contribution < -0.4 is 0 Å². The van der Waals surface area contributed by atoms with Crippen LogP contribution >= 0.6 is 13.6 Å². The number of hydrogen-bond donors (Lipinski definition) is 0. The third-order valence-electron chi connectivity index (χ3n) is 1.61. The monoisotopic (exact) mass is 300 g/mol. The van der Waals surface area contributed by atoms with E-state index in [1.165, 1.54) is 36.3 Å². The average molecular weight is 303 g/mol. The molecule has 0 aromatic rings. The van der Waals surface area contributed by atoms with Crippen molar-refractivity contribution in [2.75, 3.05) is 7.11 Å². The van der Waals surface area contributed by atoms with Gasteiger partial charge in [-0.2, -0.15) is 6.42 Å². The van der Waals surface area contributed by atoms with Gasteiger partial charge in [0.1, 0.15) is 0 Å². The summed E-state index contributed by atoms with van der Waals surface area (Å²) in [6, 6.07) is 0. The topological polar surface area (TPSA) is 26.3 Å². The third-order valence-corrected chi connectivity index (χ3v) is 1.61. The van der Waals surface area contributed by atoms with E-state index in [2.05, 4.69) is 25.3 Å². The van der Waals surface area contributed by atoms with E-state index in [1.54, 1.807) is 0 Å². The Morgan fingerprint density at radius 2 is 1.85 bits per heavy atom. The fraction of sp³-hybridized carbons (Fsp3) is 0.778. The van der Waals surface area contributed by atoms with E-state index >= 15 is 0 Å². The van der Waals surface area contributed by atoms with Crippen LogP contribution in [-0.4, -0.2) is 13.1 Å². The van der Waals surface area contributed by atoms with Crippen molar-refractivity contribution in [2.45, 2.75) is 38.5 Å². The molecule has 2 nitrogen and oxygen atoms in total. The molecule has 0 atom stereocenters. The molecule has 0 heterocycles. The van der Waals surface area contributed by atoms with Gasteiger partial charge in [-0.1, -0.05) is 19.3 Å². The van der Waals surface area contributed by atoms with E-state index in [4.69, 9.17) is 0 Å². The van der Waals surface area contributed by atoms with Crippen LogP contribution in [0, 0.1) is 6.92 Å². The van der Waals surface area contributed by atoms with Gasteiger partial charge in [0.15, 0.2) is 0 Å². The van der Waals surface area contributed by atoms with Gasteiger partial charge in [0.25, 0.3) is 0 Å². The molecule has 0 bridgehead atoms. The summed E-state index contributed by atoms with van der Waals surface area (Å²) in [5.41, 5.74) is 0. The van der Waals surface area contributed by atoms with Crippen molar-refractivity contribution in [1.82, 2.24) is 0 Å². The zero-order chi connectivity index (χ0) is 10.5. The van der Waals surface area contributed by atoms with Crippen molar-refractivity contribution in [3.63, 3.8) is 0 Å². The number of halogens is 1. The minimum absolute atomic E-state index is 0.0976. The first-order chi connectivity index (χ1) is 6.31. The number of unbranched alkanes of at least 4 members (excludes halogenated alkanes) is 4. The molecule has 0 amide bonds. The number of carbonyl (C=O) groups excluding carboxylic acids is 1. The van der Waals surface area contributed by atoms with Gasteiger partial charge in [-0.25, -0.2) is 0 Å². The van der Waals surface area contributed by atoms with Crippen LogP contribution in [0.5, 0.6) is 0 Å². The van der Waals surface area contributed by atoms with E-state index in [1.807, 2.05) is 0 Å². The quantitative estimate of drug-likeness (QED) is 0.326. The molecule has 0 fully saturated rings. The number of esters is 1. The summed E-state index contributed by atoms with van der Waals surface area (Å²) in [4.78, 5) is 10.6. The zero-order valence-electron chi connectivity index (χ0n) is 8.35. The predicted molar refractivity (Wildman–Crippen MR) is 54.0 cm³/mol. The number of rotatable bonds is 6. The minimum atomic E-state index is -0.0976. The van der Waals surface area contributed by atoms with E-state index < -0.39 is 0 Å². The summed E-state index contributed by atoms with van der Waals surface area (Å²) in [5, 5.41) is 0. The van der Waals surface area contributed by atoms with Gasteiger partial charge in [0, 0.05) is 6.42 Å². The van der Waals surface area contributed by atoms with Crippen molar-refractivity contribution in [3.05, 3.63) is 6.92 Å². The summed E-state index contributed by atoms with van der Waals surface area (Å²) in [7, 11) is 1.43. The summed E-state index contributed by atoms with van der Waals surface area (Å²) >= 11 is 4.25. The van der Waals surface area contributed by atoms with Crippen molar-refractivity contribution < 1.29 is 25.9 Å². The van der Waals surface area contributed by atoms with Crippen LogP contribution in [0.3, 0.4) is 0 Å². The molecule has 0 saturated heterocycles. The second-order valence-electron chi connectivity index (χ2n) is 2.59. The second kappa shape index (κ2) is 15.1. The molecule has 0 rings (SSSR count). The van der Waals surface area contributed by atoms with Crippen LogP contribution in [0.25, 0.3) is 0 Å². The van der Waals surface area contributed by atoms with Gasteiger partial charge in [-0.05, 0) is 6.42 Å². The molecule has 0 spiro atoms. The SMILES string of the molecule is [CH2-]CCCCCCC(=O)OC.[Zn+][Br]. The fourth-order valence-electron chi connectivity index (χ4n) is 0.902. The Labute approximate surface area is 97.8 Å². The van der Waals surface area contributed by atoms with E-state index in [0.717, 1.165) is 19.3 Å². The van der Waals surface area contributed by atoms with Crippen LogP contribution in [0.4, 0.5) is 0 Å². The first kappa shape index (κ1) is 16.0. The second-order valence-corrected chi connectivity index (χ2v) is 2.59. The molecule has 74 valence electrons. The Morgan fingerprint density at radius 1 is 1.31 bits per heavy atom. The molecule has 4 heteroatoms. The molecular formula is C9H17BrO2Zn. The van der Waals surface area contributed by atoms with E-state index in [0.29, 0.717) is 6.42 Å². The van der Waals surface area contributed by atoms with Crippen molar-refractivity contribution in [1.29, 1.82) is 0 Å². The van der Waals surface area contributed by atoms with Gasteiger partial charge in [-0.15, -0.1) is 0 Å². The Kier molecular flexibility index (Phi) is 18.6. The summed E-state index contributed by atoms with van der Waals surface area (Å²) in [6.07, 6.45) is 5.98. The van der Waals surface area contributed by atoms with Crippen molar-refractivity contribution in [3.8, 4) is 0 Å². The number of hydrogen-bond acceptors (Lipinski definition) is 2. The molecule has 0 aromatic carbocycles. The maximum absolute atomic E-state index is 10.6. The molecule has 0 aliphatic carbocycles. The van der Waals surface area contributed by atoms with E-state index in [9.17, 15) is 4.79 Å². The van der Waals surface area contributed by atoms with Gasteiger partial charge >= 0.3 is 35.9 Å². The van der Waals surface area contributed by atoms with Crippen LogP contribution in [0.1, 0.15) is 38.5 Å². The number of methoxy groups -OCH3 is 1. The van der Waals surface area contributed by atoms with Crippen molar-refractivity contribution >= 4 is 19.6 Å². The van der Waals surface area contributed by atoms with Gasteiger partial charge in [0.2, 0.25) is 0 Å². The fourth-order valence-corrected chi connectivity index (χ4v) is 0.902. The summed E-state index contributed by atoms with van der Waals surface area (Å²) in [5.74, 6) is -0.0976. The Bertz CT molecular complexity index is 110. The Morgan fingerprint density at radius 3 is 2.31 bits per heavy atom. The molecule has 0 saturated carbocycles. The molecular weight excluding hydrogens is 285 g/mol. The van der Waals surface area contributed by atoms with Gasteiger partial charge in [-0.3, -0.25) is 4.79 Å². The van der Waals surface area contributed by atoms with Crippen LogP contribution in [0.2, 0.25) is 0 Å². The number of ether oxygens (including phenoxy) is 1.